The van der Waals surface area contributed by atoms with Crippen LogP contribution in [0.4, 0.5) is 56.2 Å². The molecule has 0 atom stereocenters. The zero-order valence-corrected chi connectivity index (χ0v) is 21.8. The van der Waals surface area contributed by atoms with Gasteiger partial charge in [0.25, 0.3) is 5.95 Å². The molecule has 4 aromatic carbocycles. The topological polar surface area (TPSA) is 19.4 Å². The third-order valence-electron chi connectivity index (χ3n) is 7.37. The molecule has 206 valence electrons. The normalized spacial score (nSPS) is 13.5. The third kappa shape index (κ3) is 4.06. The standard InChI is InChI=1S/C34H20F5N3/c35-30-31(41-25-13-5-1-9-21(25)17-18-22-10-2-6-14-26(22)41)29(34(37,38)39)33(40-32(30)36)42-27-15-7-3-11-23(27)19-20-24-12-4-8-16-28(24)42/h1-20H. The molecular weight excluding hydrogens is 545 g/mol. The van der Waals surface area contributed by atoms with Crippen LogP contribution in [0.25, 0.3) is 24.3 Å². The van der Waals surface area contributed by atoms with Crippen molar-refractivity contribution in [2.75, 3.05) is 9.80 Å². The van der Waals surface area contributed by atoms with Gasteiger partial charge in [0.1, 0.15) is 11.3 Å². The highest BCUT2D eigenvalue weighted by molar-refractivity contribution is 5.97. The molecule has 8 heteroatoms. The summed E-state index contributed by atoms with van der Waals surface area (Å²) < 4.78 is 78.0. The van der Waals surface area contributed by atoms with Crippen LogP contribution in [0.3, 0.4) is 0 Å². The molecule has 5 aromatic rings. The second kappa shape index (κ2) is 9.69. The first kappa shape index (κ1) is 25.7. The number of anilines is 6. The first-order chi connectivity index (χ1) is 20.3. The van der Waals surface area contributed by atoms with Crippen LogP contribution in [-0.4, -0.2) is 4.98 Å². The van der Waals surface area contributed by atoms with Crippen LogP contribution in [0.5, 0.6) is 0 Å². The Morgan fingerprint density at radius 1 is 0.500 bits per heavy atom. The number of hydrogen-bond donors (Lipinski definition) is 0. The molecule has 2 aliphatic heterocycles. The molecule has 0 saturated carbocycles. The average Bonchev–Trinajstić information content (AvgIpc) is 3.26. The monoisotopic (exact) mass is 565 g/mol. The lowest BCUT2D eigenvalue weighted by atomic mass is 10.0. The smallest absolute Gasteiger partial charge is 0.306 e. The minimum atomic E-state index is -5.14. The molecule has 0 aliphatic carbocycles. The van der Waals surface area contributed by atoms with Crippen LogP contribution in [0.2, 0.25) is 0 Å². The highest BCUT2D eigenvalue weighted by Crippen LogP contribution is 2.53. The summed E-state index contributed by atoms with van der Waals surface area (Å²) >= 11 is 0. The van der Waals surface area contributed by atoms with Crippen LogP contribution in [0, 0.1) is 11.8 Å². The summed E-state index contributed by atoms with van der Waals surface area (Å²) in [5.41, 5.74) is 1.08. The first-order valence-electron chi connectivity index (χ1n) is 13.1. The van der Waals surface area contributed by atoms with Gasteiger partial charge in [-0.3, -0.25) is 4.90 Å². The van der Waals surface area contributed by atoms with Crippen molar-refractivity contribution in [1.29, 1.82) is 0 Å². The molecule has 0 amide bonds. The Kier molecular flexibility index (Phi) is 5.93. The van der Waals surface area contributed by atoms with Gasteiger partial charge in [0.2, 0.25) is 5.82 Å². The van der Waals surface area contributed by atoms with Gasteiger partial charge in [-0.15, -0.1) is 0 Å². The molecule has 1 aromatic heterocycles. The second-order valence-electron chi connectivity index (χ2n) is 9.83. The fraction of sp³-hybridized carbons (Fsp3) is 0.0294. The Labute approximate surface area is 238 Å². The number of aromatic nitrogens is 1. The number of rotatable bonds is 2. The van der Waals surface area contributed by atoms with Crippen LogP contribution in [-0.2, 0) is 6.18 Å². The van der Waals surface area contributed by atoms with Crippen LogP contribution in [0.1, 0.15) is 27.8 Å². The quantitative estimate of drug-likeness (QED) is 0.154. The Morgan fingerprint density at radius 2 is 0.857 bits per heavy atom. The fourth-order valence-corrected chi connectivity index (χ4v) is 5.56. The lowest BCUT2D eigenvalue weighted by Crippen LogP contribution is -2.25. The zero-order valence-electron chi connectivity index (χ0n) is 21.8. The summed E-state index contributed by atoms with van der Waals surface area (Å²) in [4.78, 5) is 6.09. The Hall–Kier alpha value is -5.24. The van der Waals surface area contributed by atoms with Crippen LogP contribution in [0.15, 0.2) is 97.1 Å². The molecule has 0 unspecified atom stereocenters. The minimum absolute atomic E-state index is 0.262. The van der Waals surface area contributed by atoms with E-state index in [-0.39, 0.29) is 11.4 Å². The molecule has 0 spiro atoms. The number of halogens is 5. The maximum Gasteiger partial charge on any atom is 0.422 e. The number of benzene rings is 4. The predicted octanol–water partition coefficient (Wildman–Crippen LogP) is 10.3. The van der Waals surface area contributed by atoms with Crippen molar-refractivity contribution in [2.24, 2.45) is 0 Å². The number of hydrogen-bond acceptors (Lipinski definition) is 3. The summed E-state index contributed by atoms with van der Waals surface area (Å²) in [5, 5.41) is 0. The highest BCUT2D eigenvalue weighted by Gasteiger charge is 2.45. The van der Waals surface area contributed by atoms with Crippen molar-refractivity contribution < 1.29 is 22.0 Å². The molecule has 2 aliphatic rings. The molecule has 42 heavy (non-hydrogen) atoms. The predicted molar refractivity (Wildman–Crippen MR) is 156 cm³/mol. The summed E-state index contributed by atoms with van der Waals surface area (Å²) in [6.45, 7) is 0. The number of pyridine rings is 1. The lowest BCUT2D eigenvalue weighted by molar-refractivity contribution is -0.136. The van der Waals surface area contributed by atoms with Gasteiger partial charge in [0.15, 0.2) is 5.82 Å². The molecule has 0 bridgehead atoms. The van der Waals surface area contributed by atoms with Gasteiger partial charge in [-0.05, 0) is 46.5 Å². The van der Waals surface area contributed by atoms with E-state index in [4.69, 9.17) is 0 Å². The fourth-order valence-electron chi connectivity index (χ4n) is 5.56. The molecule has 0 N–H and O–H groups in total. The van der Waals surface area contributed by atoms with Crippen molar-refractivity contribution >= 4 is 58.6 Å². The van der Waals surface area contributed by atoms with E-state index in [9.17, 15) is 0 Å². The Bertz CT molecular complexity index is 1830. The van der Waals surface area contributed by atoms with Crippen LogP contribution < -0.4 is 9.80 Å². The van der Waals surface area contributed by atoms with Gasteiger partial charge >= 0.3 is 6.18 Å². The summed E-state index contributed by atoms with van der Waals surface area (Å²) in [7, 11) is 0. The number of para-hydroxylation sites is 4. The Morgan fingerprint density at radius 3 is 1.24 bits per heavy atom. The molecule has 3 heterocycles. The van der Waals surface area contributed by atoms with E-state index < -0.39 is 35.0 Å². The van der Waals surface area contributed by atoms with Gasteiger partial charge in [-0.1, -0.05) is 97.1 Å². The van der Waals surface area contributed by atoms with Gasteiger partial charge < -0.3 is 4.90 Å². The lowest BCUT2D eigenvalue weighted by Gasteiger charge is -2.33. The van der Waals surface area contributed by atoms with E-state index in [1.54, 1.807) is 121 Å². The third-order valence-corrected chi connectivity index (χ3v) is 7.37. The minimum Gasteiger partial charge on any atom is -0.306 e. The molecule has 0 radical (unpaired) electrons. The molecular formula is C34H20F5N3. The molecule has 0 saturated heterocycles. The maximum absolute atomic E-state index is 16.1. The SMILES string of the molecule is Fc1nc(N2c3ccccc3C=Cc3ccccc32)c(C(F)(F)F)c(N2c3ccccc3C=Cc3ccccc32)c1F. The number of alkyl halides is 3. The van der Waals surface area contributed by atoms with Crippen molar-refractivity contribution in [1.82, 2.24) is 4.98 Å². The largest absolute Gasteiger partial charge is 0.422 e. The van der Waals surface area contributed by atoms with Gasteiger partial charge in [0.05, 0.1) is 22.7 Å². The van der Waals surface area contributed by atoms with Crippen molar-refractivity contribution in [3.05, 3.63) is 137 Å². The van der Waals surface area contributed by atoms with E-state index >= 15 is 22.0 Å². The van der Waals surface area contributed by atoms with E-state index in [0.29, 0.717) is 33.6 Å². The van der Waals surface area contributed by atoms with E-state index in [1.807, 2.05) is 0 Å². The number of fused-ring (bicyclic) bond motifs is 4. The van der Waals surface area contributed by atoms with E-state index in [2.05, 4.69) is 4.98 Å². The summed E-state index contributed by atoms with van der Waals surface area (Å²) in [6, 6.07) is 26.9. The maximum atomic E-state index is 16.1. The highest BCUT2D eigenvalue weighted by atomic mass is 19.4. The summed E-state index contributed by atoms with van der Waals surface area (Å²) in [5.74, 6) is -4.12. The Balaban J connectivity index is 1.62. The van der Waals surface area contributed by atoms with E-state index in [0.717, 1.165) is 4.90 Å². The number of nitrogens with zero attached hydrogens (tertiary/aromatic N) is 3. The second-order valence-corrected chi connectivity index (χ2v) is 9.83. The van der Waals surface area contributed by atoms with Crippen molar-refractivity contribution in [3.8, 4) is 0 Å². The van der Waals surface area contributed by atoms with Crippen molar-refractivity contribution in [2.45, 2.75) is 6.18 Å². The van der Waals surface area contributed by atoms with Gasteiger partial charge in [-0.25, -0.2) is 0 Å². The van der Waals surface area contributed by atoms with Crippen LogP contribution >= 0.6 is 0 Å². The molecule has 3 nitrogen and oxygen atoms in total. The summed E-state index contributed by atoms with van der Waals surface area (Å²) in [6.07, 6.45) is 1.89. The first-order valence-corrected chi connectivity index (χ1v) is 13.1. The van der Waals surface area contributed by atoms with Crippen molar-refractivity contribution in [3.63, 3.8) is 0 Å². The molecule has 7 rings (SSSR count). The van der Waals surface area contributed by atoms with E-state index in [1.165, 1.54) is 4.90 Å². The zero-order chi connectivity index (χ0) is 29.0. The van der Waals surface area contributed by atoms with Gasteiger partial charge in [0, 0.05) is 0 Å². The molecule has 0 fully saturated rings. The van der Waals surface area contributed by atoms with Gasteiger partial charge in [-0.2, -0.15) is 26.9 Å². The average molecular weight is 566 g/mol.